The first kappa shape index (κ1) is 20.9. The highest BCUT2D eigenvalue weighted by molar-refractivity contribution is 5.97. The molecule has 1 aromatic heterocycles. The molecule has 8 heteroatoms. The highest BCUT2D eigenvalue weighted by Gasteiger charge is 2.15. The average Bonchev–Trinajstić information content (AvgIpc) is 3.09. The maximum absolute atomic E-state index is 12.7. The fourth-order valence-corrected chi connectivity index (χ4v) is 3.35. The van der Waals surface area contributed by atoms with E-state index in [4.69, 9.17) is 4.74 Å². The summed E-state index contributed by atoms with van der Waals surface area (Å²) in [7, 11) is 1.89. The SMILES string of the molecule is Cc1ccc2c(c1)C(=O)NCCN(Cc1cnn(C)c1)CCCC(=O)NCCO2. The fraction of sp³-hybridized carbons (Fsp3) is 0.476. The molecule has 29 heavy (non-hydrogen) atoms. The molecular weight excluding hydrogens is 370 g/mol. The van der Waals surface area contributed by atoms with E-state index in [1.165, 1.54) is 0 Å². The summed E-state index contributed by atoms with van der Waals surface area (Å²) < 4.78 is 7.52. The Balaban J connectivity index is 1.71. The van der Waals surface area contributed by atoms with E-state index in [1.54, 1.807) is 10.7 Å². The molecular formula is C21H29N5O3. The Hall–Kier alpha value is -2.87. The van der Waals surface area contributed by atoms with Gasteiger partial charge in [-0.3, -0.25) is 19.2 Å². The molecule has 1 aliphatic heterocycles. The first-order chi connectivity index (χ1) is 14.0. The molecule has 2 heterocycles. The monoisotopic (exact) mass is 399 g/mol. The van der Waals surface area contributed by atoms with Crippen LogP contribution >= 0.6 is 0 Å². The molecule has 0 saturated heterocycles. The lowest BCUT2D eigenvalue weighted by molar-refractivity contribution is -0.121. The van der Waals surface area contributed by atoms with E-state index in [-0.39, 0.29) is 11.8 Å². The molecule has 8 nitrogen and oxygen atoms in total. The van der Waals surface area contributed by atoms with Crippen molar-refractivity contribution >= 4 is 11.8 Å². The Morgan fingerprint density at radius 2 is 2.03 bits per heavy atom. The smallest absolute Gasteiger partial charge is 0.255 e. The van der Waals surface area contributed by atoms with Gasteiger partial charge in [0.1, 0.15) is 12.4 Å². The number of ether oxygens (including phenoxy) is 1. The summed E-state index contributed by atoms with van der Waals surface area (Å²) in [6, 6.07) is 5.54. The molecule has 0 fully saturated rings. The standard InChI is InChI=1S/C21H29N5O3/c1-16-5-6-19-18(12-16)21(28)23-7-10-26(15-17-13-24-25(2)14-17)9-3-4-20(27)22-8-11-29-19/h5-6,12-14H,3-4,7-11,15H2,1-2H3,(H,22,27)(H,23,28). The van der Waals surface area contributed by atoms with Crippen molar-refractivity contribution in [3.8, 4) is 5.75 Å². The Kier molecular flexibility index (Phi) is 7.24. The van der Waals surface area contributed by atoms with Gasteiger partial charge in [0, 0.05) is 44.9 Å². The van der Waals surface area contributed by atoms with Crippen molar-refractivity contribution in [1.29, 1.82) is 0 Å². The van der Waals surface area contributed by atoms with Gasteiger partial charge in [-0.15, -0.1) is 0 Å². The van der Waals surface area contributed by atoms with Crippen LogP contribution in [0, 0.1) is 6.92 Å². The molecule has 0 aliphatic carbocycles. The Morgan fingerprint density at radius 1 is 1.17 bits per heavy atom. The third-order valence-corrected chi connectivity index (χ3v) is 4.82. The molecule has 0 radical (unpaired) electrons. The summed E-state index contributed by atoms with van der Waals surface area (Å²) in [5, 5.41) is 10.1. The highest BCUT2D eigenvalue weighted by atomic mass is 16.5. The Bertz CT molecular complexity index is 849. The Labute approximate surface area is 171 Å². The predicted molar refractivity (Wildman–Crippen MR) is 110 cm³/mol. The fourth-order valence-electron chi connectivity index (χ4n) is 3.35. The minimum atomic E-state index is -0.149. The number of benzene rings is 1. The van der Waals surface area contributed by atoms with Gasteiger partial charge in [-0.05, 0) is 32.0 Å². The third kappa shape index (κ3) is 6.32. The van der Waals surface area contributed by atoms with Crippen molar-refractivity contribution < 1.29 is 14.3 Å². The number of aryl methyl sites for hydroxylation is 2. The summed E-state index contributed by atoms with van der Waals surface area (Å²) in [5.74, 6) is 0.400. The van der Waals surface area contributed by atoms with Crippen molar-refractivity contribution in [1.82, 2.24) is 25.3 Å². The molecule has 0 unspecified atom stereocenters. The van der Waals surface area contributed by atoms with Crippen LogP contribution in [0.15, 0.2) is 30.6 Å². The minimum Gasteiger partial charge on any atom is -0.491 e. The number of amides is 2. The van der Waals surface area contributed by atoms with Crippen LogP contribution in [0.5, 0.6) is 5.75 Å². The number of carbonyl (C=O) groups is 2. The number of aromatic nitrogens is 2. The Morgan fingerprint density at radius 3 is 2.83 bits per heavy atom. The highest BCUT2D eigenvalue weighted by Crippen LogP contribution is 2.20. The number of fused-ring (bicyclic) bond motifs is 1. The summed E-state index contributed by atoms with van der Waals surface area (Å²) in [4.78, 5) is 27.0. The molecule has 2 aromatic rings. The second kappa shape index (κ2) is 10.1. The van der Waals surface area contributed by atoms with E-state index in [0.717, 1.165) is 30.6 Å². The maximum Gasteiger partial charge on any atom is 0.255 e. The van der Waals surface area contributed by atoms with Crippen LogP contribution in [0.4, 0.5) is 0 Å². The van der Waals surface area contributed by atoms with Crippen molar-refractivity contribution in [2.24, 2.45) is 7.05 Å². The number of nitrogens with one attached hydrogen (secondary N) is 2. The first-order valence-electron chi connectivity index (χ1n) is 9.99. The van der Waals surface area contributed by atoms with Crippen LogP contribution in [0.2, 0.25) is 0 Å². The normalized spacial score (nSPS) is 17.3. The number of rotatable bonds is 2. The molecule has 0 atom stereocenters. The topological polar surface area (TPSA) is 88.5 Å². The zero-order valence-electron chi connectivity index (χ0n) is 17.1. The number of nitrogens with zero attached hydrogens (tertiary/aromatic N) is 3. The second-order valence-electron chi connectivity index (χ2n) is 7.36. The van der Waals surface area contributed by atoms with E-state index in [1.807, 2.05) is 38.5 Å². The zero-order chi connectivity index (χ0) is 20.6. The van der Waals surface area contributed by atoms with Crippen molar-refractivity contribution in [2.45, 2.75) is 26.3 Å². The molecule has 0 spiro atoms. The summed E-state index contributed by atoms with van der Waals surface area (Å²) >= 11 is 0. The summed E-state index contributed by atoms with van der Waals surface area (Å²) in [5.41, 5.74) is 2.62. The van der Waals surface area contributed by atoms with E-state index in [9.17, 15) is 9.59 Å². The predicted octanol–water partition coefficient (Wildman–Crippen LogP) is 1.25. The number of hydrogen-bond donors (Lipinski definition) is 2. The molecule has 1 aromatic carbocycles. The number of carbonyl (C=O) groups excluding carboxylic acids is 2. The first-order valence-corrected chi connectivity index (χ1v) is 9.99. The second-order valence-corrected chi connectivity index (χ2v) is 7.36. The van der Waals surface area contributed by atoms with Gasteiger partial charge < -0.3 is 15.4 Å². The van der Waals surface area contributed by atoms with Crippen molar-refractivity contribution in [2.75, 3.05) is 32.8 Å². The molecule has 3 rings (SSSR count). The van der Waals surface area contributed by atoms with Crippen LogP contribution in [-0.2, 0) is 18.4 Å². The van der Waals surface area contributed by atoms with E-state index < -0.39 is 0 Å². The van der Waals surface area contributed by atoms with Crippen molar-refractivity contribution in [3.63, 3.8) is 0 Å². The minimum absolute atomic E-state index is 0.0168. The van der Waals surface area contributed by atoms with Gasteiger partial charge in [0.15, 0.2) is 0 Å². The lowest BCUT2D eigenvalue weighted by Crippen LogP contribution is -2.35. The van der Waals surface area contributed by atoms with Crippen LogP contribution in [-0.4, -0.2) is 59.3 Å². The van der Waals surface area contributed by atoms with Crippen LogP contribution in [0.1, 0.15) is 34.3 Å². The zero-order valence-corrected chi connectivity index (χ0v) is 17.1. The van der Waals surface area contributed by atoms with Crippen LogP contribution < -0.4 is 15.4 Å². The van der Waals surface area contributed by atoms with Gasteiger partial charge >= 0.3 is 0 Å². The van der Waals surface area contributed by atoms with Crippen molar-refractivity contribution in [3.05, 3.63) is 47.3 Å². The summed E-state index contributed by atoms with van der Waals surface area (Å²) in [6.45, 7) is 5.37. The van der Waals surface area contributed by atoms with E-state index in [2.05, 4.69) is 20.6 Å². The van der Waals surface area contributed by atoms with E-state index in [0.29, 0.717) is 44.0 Å². The van der Waals surface area contributed by atoms with Crippen LogP contribution in [0.3, 0.4) is 0 Å². The third-order valence-electron chi connectivity index (χ3n) is 4.82. The molecule has 1 aliphatic rings. The lowest BCUT2D eigenvalue weighted by atomic mass is 10.1. The largest absolute Gasteiger partial charge is 0.491 e. The van der Waals surface area contributed by atoms with Gasteiger partial charge in [0.05, 0.1) is 18.3 Å². The van der Waals surface area contributed by atoms with Gasteiger partial charge in [0.25, 0.3) is 5.91 Å². The van der Waals surface area contributed by atoms with Crippen LogP contribution in [0.25, 0.3) is 0 Å². The molecule has 156 valence electrons. The molecule has 0 bridgehead atoms. The average molecular weight is 399 g/mol. The quantitative estimate of drug-likeness (QED) is 0.794. The molecule has 2 amide bonds. The van der Waals surface area contributed by atoms with Gasteiger partial charge in [-0.2, -0.15) is 5.10 Å². The summed E-state index contributed by atoms with van der Waals surface area (Å²) in [6.07, 6.45) is 5.04. The van der Waals surface area contributed by atoms with Gasteiger partial charge in [0.2, 0.25) is 5.91 Å². The lowest BCUT2D eigenvalue weighted by Gasteiger charge is -2.22. The maximum atomic E-state index is 12.7. The van der Waals surface area contributed by atoms with Gasteiger partial charge in [-0.1, -0.05) is 11.6 Å². The van der Waals surface area contributed by atoms with E-state index >= 15 is 0 Å². The molecule has 0 saturated carbocycles. The number of hydrogen-bond acceptors (Lipinski definition) is 5. The van der Waals surface area contributed by atoms with Gasteiger partial charge in [-0.25, -0.2) is 0 Å². The molecule has 2 N–H and O–H groups in total.